The van der Waals surface area contributed by atoms with Gasteiger partial charge in [0, 0.05) is 6.04 Å². The molecule has 0 aliphatic heterocycles. The quantitative estimate of drug-likeness (QED) is 0.726. The summed E-state index contributed by atoms with van der Waals surface area (Å²) < 4.78 is 23.4. The van der Waals surface area contributed by atoms with E-state index in [0.717, 1.165) is 12.8 Å². The van der Waals surface area contributed by atoms with E-state index in [4.69, 9.17) is 0 Å². The summed E-state index contributed by atoms with van der Waals surface area (Å²) in [5.74, 6) is 0.713. The van der Waals surface area contributed by atoms with Gasteiger partial charge in [-0.25, -0.2) is 8.78 Å². The van der Waals surface area contributed by atoms with Gasteiger partial charge in [-0.2, -0.15) is 0 Å². The van der Waals surface area contributed by atoms with Crippen molar-refractivity contribution >= 4 is 0 Å². The zero-order valence-corrected chi connectivity index (χ0v) is 8.82. The van der Waals surface area contributed by atoms with E-state index in [1.165, 1.54) is 6.42 Å². The van der Waals surface area contributed by atoms with Gasteiger partial charge < -0.3 is 5.32 Å². The van der Waals surface area contributed by atoms with Gasteiger partial charge in [-0.15, -0.1) is 0 Å². The van der Waals surface area contributed by atoms with Gasteiger partial charge in [-0.3, -0.25) is 0 Å². The Kier molecular flexibility index (Phi) is 7.14. The minimum absolute atomic E-state index is 0.141. The van der Waals surface area contributed by atoms with Crippen molar-refractivity contribution in [3.05, 3.63) is 0 Å². The van der Waals surface area contributed by atoms with Crippen LogP contribution in [0.1, 0.15) is 40.0 Å². The number of nitrogens with one attached hydrogen (secondary N) is 1. The summed E-state index contributed by atoms with van der Waals surface area (Å²) in [7, 11) is 0. The number of halogens is 2. The summed E-state index contributed by atoms with van der Waals surface area (Å²) in [6, 6.07) is 0.346. The van der Waals surface area contributed by atoms with Crippen LogP contribution in [0.2, 0.25) is 0 Å². The van der Waals surface area contributed by atoms with Crippen LogP contribution in [-0.2, 0) is 0 Å². The number of hydrogen-bond acceptors (Lipinski definition) is 1. The second kappa shape index (κ2) is 7.25. The zero-order chi connectivity index (χ0) is 10.3. The fraction of sp³-hybridized carbons (Fsp3) is 1.00. The van der Waals surface area contributed by atoms with Crippen LogP contribution < -0.4 is 5.32 Å². The maximum Gasteiger partial charge on any atom is 0.250 e. The fourth-order valence-electron chi connectivity index (χ4n) is 1.65. The zero-order valence-electron chi connectivity index (χ0n) is 8.82. The average Bonchev–Trinajstić information content (AvgIpc) is 2.52. The number of rotatable bonds is 3. The van der Waals surface area contributed by atoms with Crippen molar-refractivity contribution in [1.29, 1.82) is 0 Å². The second-order valence-corrected chi connectivity index (χ2v) is 3.41. The highest BCUT2D eigenvalue weighted by atomic mass is 19.3. The highest BCUT2D eigenvalue weighted by Gasteiger charge is 2.21. The van der Waals surface area contributed by atoms with Crippen LogP contribution in [0.25, 0.3) is 0 Å². The molecule has 0 radical (unpaired) electrons. The molecular weight excluding hydrogens is 172 g/mol. The molecule has 1 rings (SSSR count). The lowest BCUT2D eigenvalue weighted by Crippen LogP contribution is -2.30. The van der Waals surface area contributed by atoms with E-state index in [1.54, 1.807) is 0 Å². The standard InChI is InChI=1S/C8H15F2N.C2H6/c1-6-2-3-7(4-6)11-5-8(9)10;1-2/h6-8,11H,2-5H2,1H3;1-2H3. The first kappa shape index (κ1) is 12.8. The van der Waals surface area contributed by atoms with E-state index < -0.39 is 6.43 Å². The summed E-state index contributed by atoms with van der Waals surface area (Å²) in [5.41, 5.74) is 0. The second-order valence-electron chi connectivity index (χ2n) is 3.41. The first-order chi connectivity index (χ1) is 6.18. The van der Waals surface area contributed by atoms with Crippen molar-refractivity contribution in [1.82, 2.24) is 5.32 Å². The molecule has 1 fully saturated rings. The van der Waals surface area contributed by atoms with Gasteiger partial charge in [0.15, 0.2) is 0 Å². The topological polar surface area (TPSA) is 12.0 Å². The summed E-state index contributed by atoms with van der Waals surface area (Å²) >= 11 is 0. The molecule has 2 unspecified atom stereocenters. The van der Waals surface area contributed by atoms with Gasteiger partial charge >= 0.3 is 0 Å². The van der Waals surface area contributed by atoms with Crippen LogP contribution in [0.4, 0.5) is 8.78 Å². The SMILES string of the molecule is CC.CC1CCC(NCC(F)F)C1. The van der Waals surface area contributed by atoms with Crippen molar-refractivity contribution in [2.75, 3.05) is 6.54 Å². The van der Waals surface area contributed by atoms with Crippen molar-refractivity contribution < 1.29 is 8.78 Å². The predicted molar refractivity (Wildman–Crippen MR) is 52.2 cm³/mol. The minimum atomic E-state index is -2.20. The lowest BCUT2D eigenvalue weighted by atomic mass is 10.1. The molecular formula is C10H21F2N. The Morgan fingerprint density at radius 1 is 1.31 bits per heavy atom. The molecule has 1 N–H and O–H groups in total. The molecule has 0 spiro atoms. The van der Waals surface area contributed by atoms with Crippen molar-refractivity contribution in [3.8, 4) is 0 Å². The molecule has 0 aromatic heterocycles. The van der Waals surface area contributed by atoms with Crippen LogP contribution in [0.5, 0.6) is 0 Å². The molecule has 0 aromatic rings. The van der Waals surface area contributed by atoms with Crippen molar-refractivity contribution in [2.24, 2.45) is 5.92 Å². The van der Waals surface area contributed by atoms with Crippen LogP contribution in [0, 0.1) is 5.92 Å². The molecule has 1 nitrogen and oxygen atoms in total. The van der Waals surface area contributed by atoms with E-state index in [1.807, 2.05) is 13.8 Å². The number of alkyl halides is 2. The molecule has 0 saturated heterocycles. The molecule has 80 valence electrons. The molecule has 1 aliphatic rings. The molecule has 1 saturated carbocycles. The van der Waals surface area contributed by atoms with E-state index in [-0.39, 0.29) is 6.54 Å². The third kappa shape index (κ3) is 5.97. The van der Waals surface area contributed by atoms with Crippen LogP contribution in [-0.4, -0.2) is 19.0 Å². The van der Waals surface area contributed by atoms with E-state index >= 15 is 0 Å². The normalized spacial score (nSPS) is 27.2. The summed E-state index contributed by atoms with van der Waals surface area (Å²) in [5, 5.41) is 2.86. The van der Waals surface area contributed by atoms with Gasteiger partial charge in [-0.1, -0.05) is 20.8 Å². The summed E-state index contributed by atoms with van der Waals surface area (Å²) in [6.45, 7) is 6.03. The Balaban J connectivity index is 0.000000671. The van der Waals surface area contributed by atoms with Crippen molar-refractivity contribution in [3.63, 3.8) is 0 Å². The maximum absolute atomic E-state index is 11.7. The monoisotopic (exact) mass is 193 g/mol. The Hall–Kier alpha value is -0.180. The average molecular weight is 193 g/mol. The van der Waals surface area contributed by atoms with E-state index in [9.17, 15) is 8.78 Å². The third-order valence-electron chi connectivity index (χ3n) is 2.26. The molecule has 3 heteroatoms. The first-order valence-corrected chi connectivity index (χ1v) is 5.20. The highest BCUT2D eigenvalue weighted by molar-refractivity contribution is 4.78. The fourth-order valence-corrected chi connectivity index (χ4v) is 1.65. The lowest BCUT2D eigenvalue weighted by molar-refractivity contribution is 0.141. The Morgan fingerprint density at radius 2 is 1.92 bits per heavy atom. The third-order valence-corrected chi connectivity index (χ3v) is 2.26. The largest absolute Gasteiger partial charge is 0.309 e. The molecule has 1 aliphatic carbocycles. The summed E-state index contributed by atoms with van der Waals surface area (Å²) in [4.78, 5) is 0. The van der Waals surface area contributed by atoms with Gasteiger partial charge in [0.25, 0.3) is 6.43 Å². The minimum Gasteiger partial charge on any atom is -0.309 e. The smallest absolute Gasteiger partial charge is 0.250 e. The lowest BCUT2D eigenvalue weighted by Gasteiger charge is -2.10. The molecule has 0 aromatic carbocycles. The summed E-state index contributed by atoms with van der Waals surface area (Å²) in [6.07, 6.45) is 1.10. The highest BCUT2D eigenvalue weighted by Crippen LogP contribution is 2.24. The van der Waals surface area contributed by atoms with Crippen LogP contribution >= 0.6 is 0 Å². The van der Waals surface area contributed by atoms with Crippen LogP contribution in [0.15, 0.2) is 0 Å². The Morgan fingerprint density at radius 3 is 2.31 bits per heavy atom. The van der Waals surface area contributed by atoms with Crippen LogP contribution in [0.3, 0.4) is 0 Å². The predicted octanol–water partition coefficient (Wildman–Crippen LogP) is 3.06. The van der Waals surface area contributed by atoms with Gasteiger partial charge in [0.2, 0.25) is 0 Å². The van der Waals surface area contributed by atoms with Gasteiger partial charge in [-0.05, 0) is 25.2 Å². The van der Waals surface area contributed by atoms with E-state index in [2.05, 4.69) is 12.2 Å². The number of hydrogen-bond donors (Lipinski definition) is 1. The van der Waals surface area contributed by atoms with Crippen molar-refractivity contribution in [2.45, 2.75) is 52.5 Å². The Labute approximate surface area is 79.9 Å². The molecule has 2 atom stereocenters. The van der Waals surface area contributed by atoms with Gasteiger partial charge in [0.05, 0.1) is 6.54 Å². The first-order valence-electron chi connectivity index (χ1n) is 5.20. The molecule has 13 heavy (non-hydrogen) atoms. The molecule has 0 heterocycles. The van der Waals surface area contributed by atoms with E-state index in [0.29, 0.717) is 12.0 Å². The Bertz CT molecular complexity index is 117. The van der Waals surface area contributed by atoms with Gasteiger partial charge in [0.1, 0.15) is 0 Å². The molecule has 0 amide bonds. The molecule has 0 bridgehead atoms. The maximum atomic E-state index is 11.7.